The zero-order valence-corrected chi connectivity index (χ0v) is 16.6. The van der Waals surface area contributed by atoms with Gasteiger partial charge in [-0.3, -0.25) is 4.98 Å². The molecule has 0 fully saturated rings. The summed E-state index contributed by atoms with van der Waals surface area (Å²) >= 11 is 0. The van der Waals surface area contributed by atoms with Gasteiger partial charge in [0.05, 0.1) is 0 Å². The Morgan fingerprint density at radius 2 is 1.76 bits per heavy atom. The van der Waals surface area contributed by atoms with Crippen molar-refractivity contribution >= 4 is 29.4 Å². The molecule has 1 aliphatic heterocycles. The Morgan fingerprint density at radius 3 is 2.44 bits per heavy atom. The lowest BCUT2D eigenvalue weighted by molar-refractivity contribution is -0.142. The number of amides is 1. The van der Waals surface area contributed by atoms with E-state index in [4.69, 9.17) is 0 Å². The first kappa shape index (κ1) is 22.8. The highest BCUT2D eigenvalue weighted by Gasteiger charge is 2.41. The minimum absolute atomic E-state index is 0.00300. The highest BCUT2D eigenvalue weighted by molar-refractivity contribution is 5.96. The highest BCUT2D eigenvalue weighted by Crippen LogP contribution is 2.40. The van der Waals surface area contributed by atoms with Crippen LogP contribution in [0.2, 0.25) is 0 Å². The summed E-state index contributed by atoms with van der Waals surface area (Å²) in [5.74, 6) is 1.66. The molecule has 3 aromatic rings. The van der Waals surface area contributed by atoms with Gasteiger partial charge in [-0.2, -0.15) is 26.3 Å². The Labute approximate surface area is 186 Å². The second-order valence-corrected chi connectivity index (χ2v) is 6.89. The van der Waals surface area contributed by atoms with Crippen LogP contribution in [-0.2, 0) is 17.1 Å². The van der Waals surface area contributed by atoms with E-state index in [1.54, 1.807) is 5.94 Å². The lowest BCUT2D eigenvalue weighted by atomic mass is 9.94. The molecule has 1 aromatic carbocycles. The van der Waals surface area contributed by atoms with Crippen LogP contribution in [-0.4, -0.2) is 26.5 Å². The molecule has 1 aliphatic rings. The number of nitrogens with zero attached hydrogens (tertiary/aromatic N) is 3. The van der Waals surface area contributed by atoms with Gasteiger partial charge in [-0.05, 0) is 23.8 Å². The molecular weight excluding hydrogens is 468 g/mol. The van der Waals surface area contributed by atoms with Crippen molar-refractivity contribution in [2.75, 3.05) is 5.32 Å². The van der Waals surface area contributed by atoms with Crippen LogP contribution in [0.4, 0.5) is 36.8 Å². The number of halogens is 6. The van der Waals surface area contributed by atoms with E-state index in [2.05, 4.69) is 15.3 Å². The van der Waals surface area contributed by atoms with Crippen LogP contribution in [0, 0.1) is 0 Å². The van der Waals surface area contributed by atoms with E-state index in [9.17, 15) is 35.9 Å². The van der Waals surface area contributed by atoms with Gasteiger partial charge in [-0.25, -0.2) is 19.1 Å². The first-order chi connectivity index (χ1) is 16.0. The lowest BCUT2D eigenvalue weighted by Crippen LogP contribution is -2.25. The van der Waals surface area contributed by atoms with Gasteiger partial charge in [0.1, 0.15) is 23.4 Å². The highest BCUT2D eigenvalue weighted by atomic mass is 19.4. The summed E-state index contributed by atoms with van der Waals surface area (Å²) in [7, 11) is 0. The second-order valence-electron chi connectivity index (χ2n) is 6.89. The first-order valence-corrected chi connectivity index (χ1v) is 9.32. The summed E-state index contributed by atoms with van der Waals surface area (Å²) in [6.07, 6.45) is -5.74. The number of benzene rings is 1. The predicted molar refractivity (Wildman–Crippen MR) is 108 cm³/mol. The molecule has 0 bridgehead atoms. The number of rotatable bonds is 2. The Hall–Kier alpha value is -4.38. The Bertz CT molecular complexity index is 1370. The number of hydrogen-bond donors (Lipinski definition) is 2. The number of imidazole rings is 1. The quantitative estimate of drug-likeness (QED) is 0.407. The van der Waals surface area contributed by atoms with Crippen molar-refractivity contribution in [2.24, 2.45) is 0 Å². The average Bonchev–Trinajstić information content (AvgIpc) is 3.24. The first-order valence-electron chi connectivity index (χ1n) is 9.32. The van der Waals surface area contributed by atoms with Crippen molar-refractivity contribution in [1.29, 1.82) is 0 Å². The second kappa shape index (κ2) is 8.19. The number of anilines is 1. The number of fused-ring (bicyclic) bond motifs is 1. The fourth-order valence-electron chi connectivity index (χ4n) is 3.36. The number of pyridine rings is 1. The van der Waals surface area contributed by atoms with Crippen molar-refractivity contribution < 1.29 is 35.9 Å². The molecule has 0 saturated carbocycles. The number of nitrogens with one attached hydrogen (secondary N) is 2. The summed E-state index contributed by atoms with van der Waals surface area (Å²) in [4.78, 5) is 30.7. The van der Waals surface area contributed by atoms with Gasteiger partial charge in [0, 0.05) is 29.2 Å². The summed E-state index contributed by atoms with van der Waals surface area (Å²) in [6, 6.07) is 4.32. The van der Waals surface area contributed by atoms with E-state index in [0.29, 0.717) is 12.4 Å². The molecule has 13 heteroatoms. The van der Waals surface area contributed by atoms with Gasteiger partial charge in [0.15, 0.2) is 11.6 Å². The van der Waals surface area contributed by atoms with Gasteiger partial charge in [0.2, 0.25) is 0 Å². The van der Waals surface area contributed by atoms with E-state index < -0.39 is 41.2 Å². The van der Waals surface area contributed by atoms with Crippen molar-refractivity contribution in [2.45, 2.75) is 12.4 Å². The van der Waals surface area contributed by atoms with Crippen LogP contribution in [0.1, 0.15) is 22.5 Å². The monoisotopic (exact) mass is 479 g/mol. The van der Waals surface area contributed by atoms with E-state index in [1.807, 2.05) is 5.32 Å². The number of carbonyl (C=O) groups is 1. The lowest BCUT2D eigenvalue weighted by Gasteiger charge is -2.18. The van der Waals surface area contributed by atoms with Gasteiger partial charge in [0.25, 0.3) is 0 Å². The van der Waals surface area contributed by atoms with Crippen molar-refractivity contribution in [3.05, 3.63) is 71.6 Å². The van der Waals surface area contributed by atoms with Gasteiger partial charge < -0.3 is 10.6 Å². The standard InChI is InChI=1S/C21H11F6N5O2/c22-20(23,24)16-8-11(4-6-29-16)31-19(34)32-10-30-17(18(32)21(25,26)27)14-3-1-2-13-12(14)5-7-28-15(13)9-33/h1-8,10,28H,(H,29,31,34). The maximum atomic E-state index is 14.0. The molecule has 1 amide bonds. The number of alkyl halides is 6. The van der Waals surface area contributed by atoms with E-state index in [-0.39, 0.29) is 27.0 Å². The maximum absolute atomic E-state index is 14.0. The smallest absolute Gasteiger partial charge is 0.352 e. The molecule has 0 radical (unpaired) electrons. The minimum atomic E-state index is -5.07. The van der Waals surface area contributed by atoms with Crippen molar-refractivity contribution in [3.8, 4) is 11.3 Å². The number of hydrogen-bond acceptors (Lipinski definition) is 5. The predicted octanol–water partition coefficient (Wildman–Crippen LogP) is 4.81. The minimum Gasteiger partial charge on any atom is -0.352 e. The van der Waals surface area contributed by atoms with E-state index in [1.165, 1.54) is 30.5 Å². The number of aromatic nitrogens is 3. The SMILES string of the molecule is O=C=C1NC=Cc2c1cccc2-c1ncn(C(=O)Nc2ccnc(C(F)(F)F)c2)c1C(F)(F)F. The normalized spacial score (nSPS) is 13.2. The molecule has 4 rings (SSSR count). The summed E-state index contributed by atoms with van der Waals surface area (Å²) < 4.78 is 80.8. The molecule has 0 unspecified atom stereocenters. The van der Waals surface area contributed by atoms with Gasteiger partial charge in [-0.15, -0.1) is 0 Å². The van der Waals surface area contributed by atoms with Crippen molar-refractivity contribution in [3.63, 3.8) is 0 Å². The van der Waals surface area contributed by atoms with Gasteiger partial charge >= 0.3 is 18.4 Å². The molecule has 0 aliphatic carbocycles. The Kier molecular flexibility index (Phi) is 5.49. The fourth-order valence-corrected chi connectivity index (χ4v) is 3.36. The average molecular weight is 479 g/mol. The zero-order valence-electron chi connectivity index (χ0n) is 16.6. The molecule has 2 N–H and O–H groups in total. The van der Waals surface area contributed by atoms with Crippen LogP contribution in [0.25, 0.3) is 23.0 Å². The van der Waals surface area contributed by atoms with Crippen LogP contribution in [0.5, 0.6) is 0 Å². The Morgan fingerprint density at radius 1 is 1.03 bits per heavy atom. The largest absolute Gasteiger partial charge is 0.434 e. The third-order valence-electron chi connectivity index (χ3n) is 4.77. The maximum Gasteiger partial charge on any atom is 0.434 e. The summed E-state index contributed by atoms with van der Waals surface area (Å²) in [5, 5.41) is 4.62. The summed E-state index contributed by atoms with van der Waals surface area (Å²) in [6.45, 7) is 0. The fraction of sp³-hybridized carbons (Fsp3) is 0.0952. The molecule has 0 atom stereocenters. The van der Waals surface area contributed by atoms with Crippen LogP contribution < -0.4 is 10.6 Å². The van der Waals surface area contributed by atoms with Crippen LogP contribution >= 0.6 is 0 Å². The van der Waals surface area contributed by atoms with E-state index in [0.717, 1.165) is 12.3 Å². The molecular formula is C21H11F6N5O2. The third-order valence-corrected chi connectivity index (χ3v) is 4.77. The van der Waals surface area contributed by atoms with Gasteiger partial charge in [-0.1, -0.05) is 18.2 Å². The molecule has 0 saturated heterocycles. The molecule has 174 valence electrons. The van der Waals surface area contributed by atoms with Crippen LogP contribution in [0.3, 0.4) is 0 Å². The zero-order chi connectivity index (χ0) is 24.7. The molecule has 7 nitrogen and oxygen atoms in total. The molecule has 34 heavy (non-hydrogen) atoms. The van der Waals surface area contributed by atoms with Crippen molar-refractivity contribution in [1.82, 2.24) is 19.9 Å². The van der Waals surface area contributed by atoms with E-state index >= 15 is 0 Å². The number of carbonyl (C=O) groups excluding carboxylic acids is 2. The van der Waals surface area contributed by atoms with Crippen LogP contribution in [0.15, 0.2) is 49.1 Å². The third kappa shape index (κ3) is 4.16. The molecule has 2 aromatic heterocycles. The molecule has 3 heterocycles. The molecule has 0 spiro atoms. The topological polar surface area (TPSA) is 88.9 Å². The summed E-state index contributed by atoms with van der Waals surface area (Å²) in [5.41, 5.74) is -3.31. The Balaban J connectivity index is 1.79.